The Morgan fingerprint density at radius 1 is 0.750 bits per heavy atom. The third-order valence-corrected chi connectivity index (χ3v) is 12.0. The van der Waals surface area contributed by atoms with E-state index in [1.807, 2.05) is 18.2 Å². The fraction of sp³-hybridized carbons (Fsp3) is 0.333. The Morgan fingerprint density at radius 3 is 2.02 bits per heavy atom. The molecule has 246 valence electrons. The molecule has 6 atom stereocenters. The van der Waals surface area contributed by atoms with Gasteiger partial charge in [-0.3, -0.25) is 24.1 Å². The summed E-state index contributed by atoms with van der Waals surface area (Å²) < 4.78 is 19.3. The number of aromatic hydroxyl groups is 1. The van der Waals surface area contributed by atoms with E-state index in [2.05, 4.69) is 4.90 Å². The molecule has 4 amide bonds. The van der Waals surface area contributed by atoms with Crippen molar-refractivity contribution in [3.8, 4) is 5.75 Å². The third kappa shape index (κ3) is 4.32. The van der Waals surface area contributed by atoms with Crippen molar-refractivity contribution in [3.05, 3.63) is 95.8 Å². The number of carbonyl (C=O) groups is 4. The van der Waals surface area contributed by atoms with E-state index in [9.17, 15) is 28.7 Å². The first kappa shape index (κ1) is 31.0. The predicted molar refractivity (Wildman–Crippen MR) is 177 cm³/mol. The van der Waals surface area contributed by atoms with Gasteiger partial charge in [0.1, 0.15) is 11.6 Å². The summed E-state index contributed by atoms with van der Waals surface area (Å²) in [7, 11) is 0. The number of allylic oxidation sites excluding steroid dienone is 2. The Labute approximate surface area is 285 Å². The maximum atomic E-state index is 14.4. The predicted octanol–water partition coefficient (Wildman–Crippen LogP) is 5.14. The molecule has 5 aliphatic rings. The number of morpholine rings is 1. The molecular weight excluding hydrogens is 660 g/mol. The number of carbonyl (C=O) groups excluding carboxylic acids is 4. The number of hydrogen-bond donors (Lipinski definition) is 1. The molecule has 0 spiro atoms. The van der Waals surface area contributed by atoms with E-state index in [-0.39, 0.29) is 30.2 Å². The number of amides is 4. The van der Waals surface area contributed by atoms with Crippen LogP contribution < -0.4 is 14.7 Å². The van der Waals surface area contributed by atoms with Gasteiger partial charge in [0, 0.05) is 24.7 Å². The summed E-state index contributed by atoms with van der Waals surface area (Å²) in [5.41, 5.74) is 2.67. The van der Waals surface area contributed by atoms with E-state index in [0.29, 0.717) is 30.0 Å². The Hall–Kier alpha value is -4.25. The lowest BCUT2D eigenvalue weighted by Crippen LogP contribution is -2.60. The van der Waals surface area contributed by atoms with Gasteiger partial charge >= 0.3 is 0 Å². The highest BCUT2D eigenvalue weighted by Crippen LogP contribution is 2.66. The van der Waals surface area contributed by atoms with Crippen LogP contribution in [0.25, 0.3) is 0 Å². The second-order valence-electron chi connectivity index (χ2n) is 13.0. The van der Waals surface area contributed by atoms with Gasteiger partial charge in [-0.1, -0.05) is 23.8 Å². The second kappa shape index (κ2) is 11.1. The number of halogens is 3. The van der Waals surface area contributed by atoms with Crippen LogP contribution in [0.4, 0.5) is 21.5 Å². The van der Waals surface area contributed by atoms with E-state index in [1.54, 1.807) is 24.3 Å². The minimum absolute atomic E-state index is 0.0156. The van der Waals surface area contributed by atoms with Crippen molar-refractivity contribution in [1.82, 2.24) is 0 Å². The van der Waals surface area contributed by atoms with Gasteiger partial charge in [-0.25, -0.2) is 9.29 Å². The number of hydrogen-bond acceptors (Lipinski definition) is 7. The fourth-order valence-corrected chi connectivity index (χ4v) is 9.26. The lowest BCUT2D eigenvalue weighted by Gasteiger charge is -2.50. The number of ether oxygens (including phenoxy) is 1. The summed E-state index contributed by atoms with van der Waals surface area (Å²) >= 11 is 14.7. The van der Waals surface area contributed by atoms with Gasteiger partial charge in [-0.15, -0.1) is 23.2 Å². The van der Waals surface area contributed by atoms with Crippen molar-refractivity contribution >= 4 is 63.9 Å². The number of benzene rings is 3. The van der Waals surface area contributed by atoms with Crippen molar-refractivity contribution in [2.24, 2.45) is 17.8 Å². The van der Waals surface area contributed by atoms with Gasteiger partial charge < -0.3 is 14.7 Å². The largest absolute Gasteiger partial charge is 0.508 e. The van der Waals surface area contributed by atoms with E-state index in [0.717, 1.165) is 35.8 Å². The highest BCUT2D eigenvalue weighted by molar-refractivity contribution is 6.58. The molecule has 0 radical (unpaired) electrons. The first-order valence-corrected chi connectivity index (χ1v) is 16.6. The van der Waals surface area contributed by atoms with Gasteiger partial charge in [0.05, 0.1) is 36.4 Å². The Balaban J connectivity index is 1.20. The molecule has 3 saturated heterocycles. The van der Waals surface area contributed by atoms with Crippen LogP contribution in [0.5, 0.6) is 5.75 Å². The van der Waals surface area contributed by atoms with E-state index in [1.165, 1.54) is 29.2 Å². The average Bonchev–Trinajstić information content (AvgIpc) is 3.44. The Kier molecular flexibility index (Phi) is 7.21. The Morgan fingerprint density at radius 2 is 1.35 bits per heavy atom. The van der Waals surface area contributed by atoms with Crippen LogP contribution in [-0.4, -0.2) is 64.8 Å². The molecule has 4 fully saturated rings. The number of phenolic OH excluding ortho intramolecular Hbond substituents is 1. The normalized spacial score (nSPS) is 31.5. The number of alkyl halides is 2. The monoisotopic (exact) mass is 689 g/mol. The molecule has 2 aliphatic carbocycles. The zero-order valence-corrected chi connectivity index (χ0v) is 27.0. The molecular formula is C36H30Cl2FN3O6. The van der Waals surface area contributed by atoms with Crippen LogP contribution in [0.3, 0.4) is 0 Å². The molecule has 6 unspecified atom stereocenters. The van der Waals surface area contributed by atoms with Crippen molar-refractivity contribution < 1.29 is 33.4 Å². The van der Waals surface area contributed by atoms with E-state index in [4.69, 9.17) is 27.9 Å². The molecule has 8 rings (SSSR count). The number of phenols is 1. The van der Waals surface area contributed by atoms with Crippen LogP contribution >= 0.6 is 23.2 Å². The first-order valence-electron chi connectivity index (χ1n) is 15.9. The Bertz CT molecular complexity index is 1880. The van der Waals surface area contributed by atoms with Crippen molar-refractivity contribution in [2.75, 3.05) is 41.0 Å². The van der Waals surface area contributed by atoms with Crippen molar-refractivity contribution in [2.45, 2.75) is 28.5 Å². The summed E-state index contributed by atoms with van der Waals surface area (Å²) in [6.45, 7) is 2.73. The second-order valence-corrected chi connectivity index (χ2v) is 14.2. The number of nitrogens with zero attached hydrogens (tertiary/aromatic N) is 3. The van der Waals surface area contributed by atoms with Crippen LogP contribution in [0, 0.1) is 23.6 Å². The summed E-state index contributed by atoms with van der Waals surface area (Å²) in [5.74, 6) is -6.10. The lowest BCUT2D eigenvalue weighted by molar-refractivity contribution is -0.125. The first-order chi connectivity index (χ1) is 23.0. The number of fused-ring (bicyclic) bond motifs is 4. The number of anilines is 3. The maximum Gasteiger partial charge on any atom is 0.258 e. The number of imide groups is 2. The van der Waals surface area contributed by atoms with Gasteiger partial charge in [0.2, 0.25) is 11.8 Å². The molecule has 1 saturated carbocycles. The minimum atomic E-state index is -2.03. The maximum absolute atomic E-state index is 14.4. The molecule has 0 aromatic heterocycles. The minimum Gasteiger partial charge on any atom is -0.508 e. The molecule has 48 heavy (non-hydrogen) atoms. The summed E-state index contributed by atoms with van der Waals surface area (Å²) in [4.78, 5) is 57.3. The summed E-state index contributed by atoms with van der Waals surface area (Å²) in [5, 5.41) is 10.1. The highest BCUT2D eigenvalue weighted by atomic mass is 35.5. The third-order valence-electron chi connectivity index (χ3n) is 10.6. The lowest BCUT2D eigenvalue weighted by atomic mass is 9.56. The molecule has 3 aromatic carbocycles. The van der Waals surface area contributed by atoms with E-state index >= 15 is 0 Å². The van der Waals surface area contributed by atoms with E-state index < -0.39 is 57.0 Å². The molecule has 12 heteroatoms. The van der Waals surface area contributed by atoms with Gasteiger partial charge in [0.25, 0.3) is 11.8 Å². The number of rotatable bonds is 4. The zero-order chi connectivity index (χ0) is 33.5. The van der Waals surface area contributed by atoms with Crippen molar-refractivity contribution in [3.63, 3.8) is 0 Å². The standard InChI is InChI=1S/C36H30Cl2FN3O6/c37-35-19-28-26(13-14-27-29(28)32(45)41(31(27)44)23-9-7-22(8-10-23)40-15-17-48-18-16-40)30(20-1-11-25(43)12-2-20)36(35,38)34(47)42(33(35)46)24-5-3-21(39)4-6-24/h1-13,27-30,43H,14-19H2. The van der Waals surface area contributed by atoms with Gasteiger partial charge in [0.15, 0.2) is 9.75 Å². The molecule has 3 heterocycles. The van der Waals surface area contributed by atoms with Gasteiger partial charge in [-0.2, -0.15) is 0 Å². The van der Waals surface area contributed by atoms with Gasteiger partial charge in [-0.05, 0) is 85.0 Å². The molecule has 3 aliphatic heterocycles. The highest BCUT2D eigenvalue weighted by Gasteiger charge is 2.76. The quantitative estimate of drug-likeness (QED) is 0.230. The zero-order valence-electron chi connectivity index (χ0n) is 25.5. The van der Waals surface area contributed by atoms with Crippen LogP contribution in [0.2, 0.25) is 0 Å². The topological polar surface area (TPSA) is 107 Å². The van der Waals surface area contributed by atoms with Crippen LogP contribution in [-0.2, 0) is 23.9 Å². The molecule has 0 bridgehead atoms. The SMILES string of the molecule is O=C1C2CC=C3C(CC4(Cl)C(=O)N(c5ccc(F)cc5)C(=O)C4(Cl)C3c3ccc(O)cc3)C2C(=O)N1c1ccc(N2CCOCC2)cc1. The smallest absolute Gasteiger partial charge is 0.258 e. The molecule has 1 N–H and O–H groups in total. The summed E-state index contributed by atoms with van der Waals surface area (Å²) in [6, 6.07) is 18.3. The average molecular weight is 691 g/mol. The fourth-order valence-electron chi connectivity index (χ4n) is 8.33. The summed E-state index contributed by atoms with van der Waals surface area (Å²) in [6.07, 6.45) is 1.91. The molecule has 3 aromatic rings. The molecule has 9 nitrogen and oxygen atoms in total. The van der Waals surface area contributed by atoms with Crippen molar-refractivity contribution in [1.29, 1.82) is 0 Å². The van der Waals surface area contributed by atoms with Crippen LogP contribution in [0.15, 0.2) is 84.4 Å². The van der Waals surface area contributed by atoms with Crippen LogP contribution in [0.1, 0.15) is 24.3 Å².